The van der Waals surface area contributed by atoms with E-state index < -0.39 is 23.3 Å². The molecule has 156 valence electrons. The van der Waals surface area contributed by atoms with Crippen molar-refractivity contribution in [3.8, 4) is 0 Å². The van der Waals surface area contributed by atoms with Crippen LogP contribution in [0.5, 0.6) is 0 Å². The summed E-state index contributed by atoms with van der Waals surface area (Å²) in [4.78, 5) is 38.5. The van der Waals surface area contributed by atoms with Crippen LogP contribution < -0.4 is 0 Å². The maximum Gasteiger partial charge on any atom is 0.323 e. The Labute approximate surface area is 165 Å². The van der Waals surface area contributed by atoms with E-state index in [4.69, 9.17) is 14.2 Å². The van der Waals surface area contributed by atoms with Crippen molar-refractivity contribution in [1.82, 2.24) is 0 Å². The minimum absolute atomic E-state index is 0.0265. The van der Waals surface area contributed by atoms with Crippen LogP contribution >= 0.6 is 0 Å². The summed E-state index contributed by atoms with van der Waals surface area (Å²) in [6.45, 7) is 5.74. The summed E-state index contributed by atoms with van der Waals surface area (Å²) in [5, 5.41) is 9.82. The third kappa shape index (κ3) is 3.13. The Morgan fingerprint density at radius 1 is 0.964 bits per heavy atom. The van der Waals surface area contributed by atoms with E-state index in [-0.39, 0.29) is 63.0 Å². The number of carbonyl (C=O) groups is 3. The minimum atomic E-state index is -1.40. The molecular formula is C21H30O7. The topological polar surface area (TPSA) is 99.1 Å². The van der Waals surface area contributed by atoms with Crippen LogP contribution in [-0.4, -0.2) is 49.4 Å². The second-order valence-electron chi connectivity index (χ2n) is 7.84. The molecule has 0 aromatic heterocycles. The van der Waals surface area contributed by atoms with Crippen molar-refractivity contribution in [3.05, 3.63) is 11.1 Å². The molecule has 0 spiro atoms. The summed E-state index contributed by atoms with van der Waals surface area (Å²) in [6, 6.07) is 0. The Balaban J connectivity index is 2.02. The first-order chi connectivity index (χ1) is 13.4. The van der Waals surface area contributed by atoms with Crippen LogP contribution in [0, 0.1) is 29.1 Å². The first-order valence-electron chi connectivity index (χ1n) is 10.3. The zero-order valence-electron chi connectivity index (χ0n) is 16.9. The fourth-order valence-electron chi connectivity index (χ4n) is 5.68. The molecule has 28 heavy (non-hydrogen) atoms. The van der Waals surface area contributed by atoms with Crippen molar-refractivity contribution in [3.63, 3.8) is 0 Å². The molecule has 0 radical (unpaired) electrons. The molecular weight excluding hydrogens is 364 g/mol. The van der Waals surface area contributed by atoms with Crippen molar-refractivity contribution in [2.24, 2.45) is 29.1 Å². The number of ether oxygens (including phenoxy) is 3. The van der Waals surface area contributed by atoms with Gasteiger partial charge in [0.15, 0.2) is 5.41 Å². The summed E-state index contributed by atoms with van der Waals surface area (Å²) < 4.78 is 15.8. The molecule has 3 aliphatic carbocycles. The molecule has 0 heterocycles. The van der Waals surface area contributed by atoms with Crippen LogP contribution in [0.25, 0.3) is 0 Å². The molecule has 4 atom stereocenters. The molecule has 0 aliphatic heterocycles. The fraction of sp³-hybridized carbons (Fsp3) is 0.762. The monoisotopic (exact) mass is 394 g/mol. The van der Waals surface area contributed by atoms with Gasteiger partial charge in [-0.2, -0.15) is 0 Å². The number of hydrogen-bond acceptors (Lipinski definition) is 7. The number of rotatable bonds is 7. The molecule has 0 aromatic carbocycles. The Morgan fingerprint density at radius 2 is 1.57 bits per heavy atom. The van der Waals surface area contributed by atoms with E-state index in [9.17, 15) is 19.5 Å². The maximum absolute atomic E-state index is 12.9. The zero-order chi connectivity index (χ0) is 20.5. The quantitative estimate of drug-likeness (QED) is 0.305. The number of fused-ring (bicyclic) bond motifs is 3. The SMILES string of the molecule is CCOC(=O)[C@H]1[C@@H]2CC(C(=O)OCC)(C(=O)OCC)C[C@@H]2C2=C(CO)CC[C@H]21. The van der Waals surface area contributed by atoms with E-state index in [0.717, 1.165) is 24.0 Å². The van der Waals surface area contributed by atoms with E-state index in [0.29, 0.717) is 0 Å². The van der Waals surface area contributed by atoms with Gasteiger partial charge in [-0.25, -0.2) is 0 Å². The molecule has 0 unspecified atom stereocenters. The van der Waals surface area contributed by atoms with Crippen LogP contribution in [0.4, 0.5) is 0 Å². The highest BCUT2D eigenvalue weighted by molar-refractivity contribution is 6.01. The van der Waals surface area contributed by atoms with Crippen LogP contribution in [0.2, 0.25) is 0 Å². The van der Waals surface area contributed by atoms with Crippen molar-refractivity contribution < 1.29 is 33.7 Å². The van der Waals surface area contributed by atoms with Gasteiger partial charge < -0.3 is 19.3 Å². The standard InChI is InChI=1S/C21H30O7/c1-4-26-18(23)17-13-8-7-12(11-22)16(13)14-9-21(10-15(14)17,19(24)27-5-2)20(25)28-6-3/h13-15,17,22H,4-11H2,1-3H3/t13-,14+,15-,17-/m1/s1. The summed E-state index contributed by atoms with van der Waals surface area (Å²) in [5.41, 5.74) is 0.601. The van der Waals surface area contributed by atoms with Gasteiger partial charge in [-0.3, -0.25) is 14.4 Å². The van der Waals surface area contributed by atoms with Gasteiger partial charge in [-0.1, -0.05) is 5.57 Å². The number of aliphatic hydroxyl groups excluding tert-OH is 1. The van der Waals surface area contributed by atoms with Crippen LogP contribution in [0.1, 0.15) is 46.5 Å². The largest absolute Gasteiger partial charge is 0.466 e. The fourth-order valence-corrected chi connectivity index (χ4v) is 5.68. The van der Waals surface area contributed by atoms with Gasteiger partial charge in [-0.15, -0.1) is 0 Å². The van der Waals surface area contributed by atoms with E-state index in [1.54, 1.807) is 20.8 Å². The smallest absolute Gasteiger partial charge is 0.323 e. The average Bonchev–Trinajstić information content (AvgIpc) is 3.31. The molecule has 3 rings (SSSR count). The predicted octanol–water partition coefficient (Wildman–Crippen LogP) is 2.02. The number of aliphatic hydroxyl groups is 1. The highest BCUT2D eigenvalue weighted by Gasteiger charge is 2.66. The van der Waals surface area contributed by atoms with E-state index in [1.165, 1.54) is 0 Å². The summed E-state index contributed by atoms with van der Waals surface area (Å²) in [5.74, 6) is -2.10. The van der Waals surface area contributed by atoms with Gasteiger partial charge in [0.25, 0.3) is 0 Å². The third-order valence-corrected chi connectivity index (χ3v) is 6.61. The lowest BCUT2D eigenvalue weighted by molar-refractivity contribution is -0.172. The molecule has 2 fully saturated rings. The summed E-state index contributed by atoms with van der Waals surface area (Å²) in [6.07, 6.45) is 2.02. The van der Waals surface area contributed by atoms with Crippen molar-refractivity contribution in [2.45, 2.75) is 46.5 Å². The lowest BCUT2D eigenvalue weighted by Crippen LogP contribution is -2.41. The van der Waals surface area contributed by atoms with Crippen molar-refractivity contribution in [1.29, 1.82) is 0 Å². The molecule has 0 aromatic rings. The van der Waals surface area contributed by atoms with Crippen molar-refractivity contribution >= 4 is 17.9 Å². The van der Waals surface area contributed by atoms with Gasteiger partial charge in [0.1, 0.15) is 0 Å². The first kappa shape index (κ1) is 20.8. The van der Waals surface area contributed by atoms with Gasteiger partial charge in [0, 0.05) is 0 Å². The van der Waals surface area contributed by atoms with Gasteiger partial charge in [0.2, 0.25) is 0 Å². The summed E-state index contributed by atoms with van der Waals surface area (Å²) in [7, 11) is 0. The molecule has 0 bridgehead atoms. The van der Waals surface area contributed by atoms with Crippen molar-refractivity contribution in [2.75, 3.05) is 26.4 Å². The highest BCUT2D eigenvalue weighted by Crippen LogP contribution is 2.64. The number of esters is 3. The molecule has 2 saturated carbocycles. The second kappa shape index (κ2) is 8.23. The maximum atomic E-state index is 12.9. The van der Waals surface area contributed by atoms with Crippen LogP contribution in [0.15, 0.2) is 11.1 Å². The minimum Gasteiger partial charge on any atom is -0.466 e. The molecule has 7 heteroatoms. The molecule has 0 amide bonds. The molecule has 0 saturated heterocycles. The number of carbonyl (C=O) groups excluding carboxylic acids is 3. The molecule has 7 nitrogen and oxygen atoms in total. The lowest BCUT2D eigenvalue weighted by Gasteiger charge is -2.28. The number of hydrogen-bond donors (Lipinski definition) is 1. The van der Waals surface area contributed by atoms with Crippen LogP contribution in [-0.2, 0) is 28.6 Å². The Hall–Kier alpha value is -1.89. The van der Waals surface area contributed by atoms with Gasteiger partial charge >= 0.3 is 17.9 Å². The van der Waals surface area contributed by atoms with Gasteiger partial charge in [0.05, 0.1) is 32.3 Å². The third-order valence-electron chi connectivity index (χ3n) is 6.61. The first-order valence-corrected chi connectivity index (χ1v) is 10.3. The van der Waals surface area contributed by atoms with E-state index in [2.05, 4.69) is 0 Å². The summed E-state index contributed by atoms with van der Waals surface area (Å²) >= 11 is 0. The predicted molar refractivity (Wildman–Crippen MR) is 98.9 cm³/mol. The second-order valence-corrected chi connectivity index (χ2v) is 7.84. The Morgan fingerprint density at radius 3 is 2.11 bits per heavy atom. The Kier molecular flexibility index (Phi) is 6.12. The van der Waals surface area contributed by atoms with Crippen LogP contribution in [0.3, 0.4) is 0 Å². The average molecular weight is 394 g/mol. The number of allylic oxidation sites excluding steroid dienone is 1. The lowest BCUT2D eigenvalue weighted by atomic mass is 9.78. The molecule has 1 N–H and O–H groups in total. The normalized spacial score (nSPS) is 30.0. The zero-order valence-corrected chi connectivity index (χ0v) is 16.9. The van der Waals surface area contributed by atoms with E-state index >= 15 is 0 Å². The highest BCUT2D eigenvalue weighted by atomic mass is 16.6. The van der Waals surface area contributed by atoms with Gasteiger partial charge in [-0.05, 0) is 69.8 Å². The Bertz CT molecular complexity index is 662. The van der Waals surface area contributed by atoms with E-state index in [1.807, 2.05) is 0 Å². The molecule has 3 aliphatic rings.